The van der Waals surface area contributed by atoms with Crippen LogP contribution in [-0.4, -0.2) is 39.4 Å². The van der Waals surface area contributed by atoms with Crippen LogP contribution in [0.5, 0.6) is 5.75 Å². The topological polar surface area (TPSA) is 86.6 Å². The standard InChI is InChI=1S/C19H17F3N4O4S/c1-29-16-9-5-3-7-14(16)17-23-25(18(31)30-17)12-24(11-19(20,21)22)10-13-6-2-4-8-15(13)26(27)28/h2-9H,10-12H2,1H3. The first-order chi connectivity index (χ1) is 14.7. The molecular formula is C19H17F3N4O4S. The summed E-state index contributed by atoms with van der Waals surface area (Å²) in [4.78, 5) is 11.4. The fraction of sp³-hybridized carbons (Fsp3) is 0.263. The van der Waals surface area contributed by atoms with E-state index in [4.69, 9.17) is 21.4 Å². The molecule has 0 amide bonds. The van der Waals surface area contributed by atoms with Crippen molar-refractivity contribution in [1.82, 2.24) is 14.7 Å². The van der Waals surface area contributed by atoms with E-state index in [-0.39, 0.29) is 35.2 Å². The Bertz CT molecular complexity index is 1130. The monoisotopic (exact) mass is 454 g/mol. The van der Waals surface area contributed by atoms with Crippen molar-refractivity contribution in [2.75, 3.05) is 13.7 Å². The van der Waals surface area contributed by atoms with Gasteiger partial charge in [-0.2, -0.15) is 13.2 Å². The highest BCUT2D eigenvalue weighted by Gasteiger charge is 2.32. The minimum Gasteiger partial charge on any atom is -0.496 e. The molecule has 0 saturated heterocycles. The fourth-order valence-electron chi connectivity index (χ4n) is 2.99. The first-order valence-electron chi connectivity index (χ1n) is 8.90. The second-order valence-electron chi connectivity index (χ2n) is 6.50. The molecule has 3 rings (SSSR count). The Morgan fingerprint density at radius 2 is 1.90 bits per heavy atom. The van der Waals surface area contributed by atoms with Crippen LogP contribution < -0.4 is 4.74 Å². The normalized spacial score (nSPS) is 11.6. The van der Waals surface area contributed by atoms with Crippen LogP contribution in [0.4, 0.5) is 18.9 Å². The third kappa shape index (κ3) is 5.67. The largest absolute Gasteiger partial charge is 0.496 e. The fourth-order valence-corrected chi connectivity index (χ4v) is 3.17. The summed E-state index contributed by atoms with van der Waals surface area (Å²) in [6.45, 7) is -2.05. The van der Waals surface area contributed by atoms with Gasteiger partial charge in [0.25, 0.3) is 16.4 Å². The van der Waals surface area contributed by atoms with Gasteiger partial charge in [-0.05, 0) is 24.4 Å². The van der Waals surface area contributed by atoms with Gasteiger partial charge in [0.15, 0.2) is 0 Å². The summed E-state index contributed by atoms with van der Waals surface area (Å²) in [5, 5.41) is 15.4. The van der Waals surface area contributed by atoms with Crippen LogP contribution >= 0.6 is 12.2 Å². The number of nitrogens with zero attached hydrogens (tertiary/aromatic N) is 4. The second-order valence-corrected chi connectivity index (χ2v) is 6.85. The van der Waals surface area contributed by atoms with E-state index >= 15 is 0 Å². The molecule has 0 fully saturated rings. The average molecular weight is 454 g/mol. The van der Waals surface area contributed by atoms with Gasteiger partial charge in [0.2, 0.25) is 0 Å². The first kappa shape index (κ1) is 22.4. The van der Waals surface area contributed by atoms with Gasteiger partial charge in [0.05, 0.1) is 30.8 Å². The van der Waals surface area contributed by atoms with E-state index in [9.17, 15) is 23.3 Å². The molecule has 0 bridgehead atoms. The predicted octanol–water partition coefficient (Wildman–Crippen LogP) is 4.81. The number of ether oxygens (including phenoxy) is 1. The van der Waals surface area contributed by atoms with Crippen LogP contribution in [0.1, 0.15) is 5.56 Å². The van der Waals surface area contributed by atoms with Gasteiger partial charge >= 0.3 is 6.18 Å². The lowest BCUT2D eigenvalue weighted by molar-refractivity contribution is -0.385. The van der Waals surface area contributed by atoms with Gasteiger partial charge < -0.3 is 9.15 Å². The Balaban J connectivity index is 1.92. The van der Waals surface area contributed by atoms with Gasteiger partial charge in [0.1, 0.15) is 5.75 Å². The van der Waals surface area contributed by atoms with Gasteiger partial charge in [-0.15, -0.1) is 5.10 Å². The van der Waals surface area contributed by atoms with Gasteiger partial charge in [-0.3, -0.25) is 15.0 Å². The van der Waals surface area contributed by atoms with Crippen LogP contribution in [0.2, 0.25) is 0 Å². The Hall–Kier alpha value is -3.25. The van der Waals surface area contributed by atoms with Crippen molar-refractivity contribution < 1.29 is 27.2 Å². The molecule has 0 aliphatic heterocycles. The Morgan fingerprint density at radius 1 is 1.23 bits per heavy atom. The summed E-state index contributed by atoms with van der Waals surface area (Å²) < 4.78 is 51.3. The third-order valence-electron chi connectivity index (χ3n) is 4.26. The summed E-state index contributed by atoms with van der Waals surface area (Å²) >= 11 is 5.12. The van der Waals surface area contributed by atoms with Gasteiger partial charge in [-0.25, -0.2) is 4.68 Å². The zero-order valence-corrected chi connectivity index (χ0v) is 17.0. The summed E-state index contributed by atoms with van der Waals surface area (Å²) in [7, 11) is 1.46. The van der Waals surface area contributed by atoms with E-state index in [2.05, 4.69) is 5.10 Å². The van der Waals surface area contributed by atoms with Crippen LogP contribution in [-0.2, 0) is 13.2 Å². The number of nitro groups is 1. The molecule has 2 aromatic carbocycles. The zero-order valence-electron chi connectivity index (χ0n) is 16.2. The maximum absolute atomic E-state index is 13.2. The van der Waals surface area contributed by atoms with Crippen molar-refractivity contribution in [2.45, 2.75) is 19.4 Å². The van der Waals surface area contributed by atoms with Crippen molar-refractivity contribution in [1.29, 1.82) is 0 Å². The molecular weight excluding hydrogens is 437 g/mol. The number of methoxy groups -OCH3 is 1. The number of halogens is 3. The average Bonchev–Trinajstić information content (AvgIpc) is 3.07. The van der Waals surface area contributed by atoms with Crippen molar-refractivity contribution in [2.24, 2.45) is 0 Å². The van der Waals surface area contributed by atoms with E-state index in [0.717, 1.165) is 9.58 Å². The number of rotatable bonds is 8. The first-order valence-corrected chi connectivity index (χ1v) is 9.31. The van der Waals surface area contributed by atoms with Crippen molar-refractivity contribution in [3.05, 3.63) is 69.0 Å². The summed E-state index contributed by atoms with van der Waals surface area (Å²) in [6, 6.07) is 12.4. The number of benzene rings is 2. The summed E-state index contributed by atoms with van der Waals surface area (Å²) in [5.41, 5.74) is 0.348. The number of hydrogen-bond donors (Lipinski definition) is 0. The number of nitro benzene ring substituents is 1. The van der Waals surface area contributed by atoms with Crippen LogP contribution in [0.15, 0.2) is 52.9 Å². The number of para-hydroxylation sites is 2. The molecule has 0 saturated carbocycles. The van der Waals surface area contributed by atoms with E-state index in [1.807, 2.05) is 0 Å². The Kier molecular flexibility index (Phi) is 6.71. The molecule has 8 nitrogen and oxygen atoms in total. The summed E-state index contributed by atoms with van der Waals surface area (Å²) in [5.74, 6) is 0.540. The van der Waals surface area contributed by atoms with Crippen molar-refractivity contribution >= 4 is 17.9 Å². The van der Waals surface area contributed by atoms with E-state index in [1.54, 1.807) is 24.3 Å². The SMILES string of the molecule is COc1ccccc1-c1nn(CN(Cc2ccccc2[N+](=O)[O-])CC(F)(F)F)c(=S)o1. The highest BCUT2D eigenvalue weighted by Crippen LogP contribution is 2.29. The molecule has 0 aliphatic carbocycles. The number of hydrogen-bond acceptors (Lipinski definition) is 7. The molecule has 1 heterocycles. The quantitative estimate of drug-likeness (QED) is 0.274. The van der Waals surface area contributed by atoms with Crippen molar-refractivity contribution in [3.63, 3.8) is 0 Å². The van der Waals surface area contributed by atoms with Crippen molar-refractivity contribution in [3.8, 4) is 17.2 Å². The van der Waals surface area contributed by atoms with Gasteiger partial charge in [0, 0.05) is 18.2 Å². The third-order valence-corrected chi connectivity index (χ3v) is 4.56. The zero-order chi connectivity index (χ0) is 22.6. The molecule has 0 N–H and O–H groups in total. The lowest BCUT2D eigenvalue weighted by Crippen LogP contribution is -2.35. The minimum absolute atomic E-state index is 0.0834. The molecule has 164 valence electrons. The molecule has 0 spiro atoms. The summed E-state index contributed by atoms with van der Waals surface area (Å²) in [6.07, 6.45) is -4.54. The van der Waals surface area contributed by atoms with Gasteiger partial charge in [-0.1, -0.05) is 30.3 Å². The maximum Gasteiger partial charge on any atom is 0.401 e. The molecule has 31 heavy (non-hydrogen) atoms. The van der Waals surface area contributed by atoms with E-state index in [0.29, 0.717) is 11.3 Å². The lowest BCUT2D eigenvalue weighted by Gasteiger charge is -2.23. The Morgan fingerprint density at radius 3 is 2.58 bits per heavy atom. The molecule has 12 heteroatoms. The molecule has 0 radical (unpaired) electrons. The number of aromatic nitrogens is 2. The Labute approximate surface area is 179 Å². The predicted molar refractivity (Wildman–Crippen MR) is 107 cm³/mol. The van der Waals surface area contributed by atoms with Crippen LogP contribution in [0.25, 0.3) is 11.5 Å². The molecule has 0 unspecified atom stereocenters. The number of alkyl halides is 3. The second kappa shape index (κ2) is 9.27. The van der Waals surface area contributed by atoms with Crippen LogP contribution in [0, 0.1) is 15.0 Å². The van der Waals surface area contributed by atoms with Crippen LogP contribution in [0.3, 0.4) is 0 Å². The molecule has 0 atom stereocenters. The smallest absolute Gasteiger partial charge is 0.401 e. The minimum atomic E-state index is -4.54. The highest BCUT2D eigenvalue weighted by atomic mass is 32.1. The lowest BCUT2D eigenvalue weighted by atomic mass is 10.1. The maximum atomic E-state index is 13.2. The molecule has 1 aromatic heterocycles. The van der Waals surface area contributed by atoms with E-state index in [1.165, 1.54) is 31.4 Å². The highest BCUT2D eigenvalue weighted by molar-refractivity contribution is 7.71. The molecule has 3 aromatic rings. The molecule has 0 aliphatic rings. The van der Waals surface area contributed by atoms with E-state index < -0.39 is 17.6 Å².